The highest BCUT2D eigenvalue weighted by atomic mass is 16.3. The van der Waals surface area contributed by atoms with Crippen molar-refractivity contribution in [3.05, 3.63) is 72.1 Å². The van der Waals surface area contributed by atoms with Crippen LogP contribution >= 0.6 is 0 Å². The molecule has 0 saturated carbocycles. The van der Waals surface area contributed by atoms with Crippen LogP contribution in [0, 0.1) is 0 Å². The molecule has 2 aromatic carbocycles. The van der Waals surface area contributed by atoms with Crippen molar-refractivity contribution in [1.82, 2.24) is 15.3 Å². The van der Waals surface area contributed by atoms with E-state index in [9.17, 15) is 9.90 Å². The van der Waals surface area contributed by atoms with E-state index in [1.165, 1.54) is 6.20 Å². The molecule has 0 aliphatic carbocycles. The van der Waals surface area contributed by atoms with Crippen molar-refractivity contribution in [2.75, 3.05) is 6.61 Å². The van der Waals surface area contributed by atoms with Gasteiger partial charge in [0.05, 0.1) is 29.9 Å². The zero-order valence-corrected chi connectivity index (χ0v) is 11.8. The fraction of sp³-hybridized carbons (Fsp3) is 0.118. The average molecular weight is 293 g/mol. The number of benzene rings is 2. The Kier molecular flexibility index (Phi) is 4.07. The lowest BCUT2D eigenvalue weighted by Crippen LogP contribution is -2.31. The van der Waals surface area contributed by atoms with Crippen LogP contribution in [0.5, 0.6) is 0 Å². The highest BCUT2D eigenvalue weighted by Crippen LogP contribution is 2.13. The number of carbonyl (C=O) groups excluding carboxylic acids is 1. The maximum absolute atomic E-state index is 12.3. The zero-order chi connectivity index (χ0) is 15.4. The molecule has 0 unspecified atom stereocenters. The quantitative estimate of drug-likeness (QED) is 0.772. The number of fused-ring (bicyclic) bond motifs is 1. The fourth-order valence-electron chi connectivity index (χ4n) is 2.22. The molecule has 22 heavy (non-hydrogen) atoms. The van der Waals surface area contributed by atoms with E-state index in [0.717, 1.165) is 11.1 Å². The van der Waals surface area contributed by atoms with Gasteiger partial charge < -0.3 is 10.4 Å². The van der Waals surface area contributed by atoms with E-state index in [2.05, 4.69) is 15.3 Å². The molecule has 3 rings (SSSR count). The number of aliphatic hydroxyl groups is 1. The predicted molar refractivity (Wildman–Crippen MR) is 83.3 cm³/mol. The van der Waals surface area contributed by atoms with Crippen LogP contribution in [0.3, 0.4) is 0 Å². The summed E-state index contributed by atoms with van der Waals surface area (Å²) < 4.78 is 0. The van der Waals surface area contributed by atoms with Crippen LogP contribution in [0.4, 0.5) is 0 Å². The lowest BCUT2D eigenvalue weighted by molar-refractivity contribution is 0.0911. The van der Waals surface area contributed by atoms with E-state index >= 15 is 0 Å². The Bertz CT molecular complexity index is 790. The molecule has 0 aliphatic heterocycles. The Labute approximate surface area is 127 Å². The maximum atomic E-state index is 12.3. The summed E-state index contributed by atoms with van der Waals surface area (Å²) in [5, 5.41) is 12.3. The molecule has 1 amide bonds. The van der Waals surface area contributed by atoms with Crippen LogP contribution in [-0.2, 0) is 0 Å². The number of rotatable bonds is 4. The Balaban J connectivity index is 1.83. The first kappa shape index (κ1) is 14.2. The Morgan fingerprint density at radius 2 is 1.73 bits per heavy atom. The third-order valence-corrected chi connectivity index (χ3v) is 3.37. The zero-order valence-electron chi connectivity index (χ0n) is 11.8. The van der Waals surface area contributed by atoms with Crippen LogP contribution in [-0.4, -0.2) is 27.6 Å². The largest absolute Gasteiger partial charge is 0.394 e. The molecule has 0 saturated heterocycles. The molecule has 0 bridgehead atoms. The summed E-state index contributed by atoms with van der Waals surface area (Å²) in [7, 11) is 0. The van der Waals surface area contributed by atoms with Gasteiger partial charge in [-0.05, 0) is 17.7 Å². The first-order valence-corrected chi connectivity index (χ1v) is 6.96. The fourth-order valence-corrected chi connectivity index (χ4v) is 2.22. The van der Waals surface area contributed by atoms with Gasteiger partial charge in [-0.1, -0.05) is 42.5 Å². The molecule has 2 N–H and O–H groups in total. The number of carbonyl (C=O) groups is 1. The lowest BCUT2D eigenvalue weighted by atomic mass is 10.1. The van der Waals surface area contributed by atoms with Gasteiger partial charge in [0.1, 0.15) is 5.69 Å². The van der Waals surface area contributed by atoms with Gasteiger partial charge in [-0.3, -0.25) is 9.78 Å². The van der Waals surface area contributed by atoms with E-state index in [4.69, 9.17) is 0 Å². The molecule has 0 spiro atoms. The van der Waals surface area contributed by atoms with E-state index < -0.39 is 6.04 Å². The van der Waals surface area contributed by atoms with Gasteiger partial charge in [0, 0.05) is 0 Å². The summed E-state index contributed by atoms with van der Waals surface area (Å²) in [6, 6.07) is 16.2. The van der Waals surface area contributed by atoms with Gasteiger partial charge in [0.15, 0.2) is 0 Å². The molecule has 1 atom stereocenters. The summed E-state index contributed by atoms with van der Waals surface area (Å²) in [5.41, 5.74) is 2.47. The van der Waals surface area contributed by atoms with Crippen molar-refractivity contribution in [2.24, 2.45) is 0 Å². The lowest BCUT2D eigenvalue weighted by Gasteiger charge is -2.16. The summed E-state index contributed by atoms with van der Waals surface area (Å²) in [6.07, 6.45) is 1.44. The molecule has 5 nitrogen and oxygen atoms in total. The number of amides is 1. The van der Waals surface area contributed by atoms with Gasteiger partial charge >= 0.3 is 0 Å². The third-order valence-electron chi connectivity index (χ3n) is 3.37. The van der Waals surface area contributed by atoms with Crippen molar-refractivity contribution in [3.63, 3.8) is 0 Å². The van der Waals surface area contributed by atoms with Gasteiger partial charge in [-0.25, -0.2) is 4.98 Å². The van der Waals surface area contributed by atoms with Crippen LogP contribution in [0.15, 0.2) is 60.8 Å². The first-order chi connectivity index (χ1) is 10.8. The highest BCUT2D eigenvalue weighted by molar-refractivity contribution is 5.94. The number of nitrogens with one attached hydrogen (secondary N) is 1. The smallest absolute Gasteiger partial charge is 0.272 e. The summed E-state index contributed by atoms with van der Waals surface area (Å²) >= 11 is 0. The van der Waals surface area contributed by atoms with Crippen molar-refractivity contribution >= 4 is 16.9 Å². The number of aromatic nitrogens is 2. The Hall–Kier alpha value is -2.79. The molecule has 1 heterocycles. The number of nitrogens with zero attached hydrogens (tertiary/aromatic N) is 2. The summed E-state index contributed by atoms with van der Waals surface area (Å²) in [4.78, 5) is 20.8. The average Bonchev–Trinajstić information content (AvgIpc) is 2.59. The van der Waals surface area contributed by atoms with E-state index in [1.54, 1.807) is 6.07 Å². The second-order valence-corrected chi connectivity index (χ2v) is 4.86. The molecular formula is C17H15N3O2. The van der Waals surface area contributed by atoms with Gasteiger partial charge in [0.2, 0.25) is 0 Å². The topological polar surface area (TPSA) is 75.1 Å². The molecule has 0 aliphatic rings. The maximum Gasteiger partial charge on any atom is 0.272 e. The van der Waals surface area contributed by atoms with Gasteiger partial charge in [0.25, 0.3) is 5.91 Å². The Morgan fingerprint density at radius 3 is 2.45 bits per heavy atom. The molecule has 110 valence electrons. The first-order valence-electron chi connectivity index (χ1n) is 6.96. The predicted octanol–water partition coefficient (Wildman–Crippen LogP) is 2.09. The Morgan fingerprint density at radius 1 is 1.05 bits per heavy atom. The standard InChI is InChI=1S/C17H15N3O2/c21-11-16(12-6-2-1-3-7-12)20-17(22)15-10-18-13-8-4-5-9-14(13)19-15/h1-10,16,21H,11H2,(H,20,22)/t16-/m0/s1. The van der Waals surface area contributed by atoms with Crippen molar-refractivity contribution in [1.29, 1.82) is 0 Å². The normalized spacial score (nSPS) is 12.0. The SMILES string of the molecule is O=C(N[C@@H](CO)c1ccccc1)c1cnc2ccccc2n1. The van der Waals surface area contributed by atoms with Gasteiger partial charge in [-0.15, -0.1) is 0 Å². The summed E-state index contributed by atoms with van der Waals surface area (Å²) in [5.74, 6) is -0.360. The van der Waals surface area contributed by atoms with Crippen molar-refractivity contribution in [3.8, 4) is 0 Å². The molecule has 0 radical (unpaired) electrons. The third kappa shape index (κ3) is 2.94. The number of hydrogen-bond acceptors (Lipinski definition) is 4. The molecule has 1 aromatic heterocycles. The number of para-hydroxylation sites is 2. The van der Waals surface area contributed by atoms with Crippen LogP contribution in [0.25, 0.3) is 11.0 Å². The number of aliphatic hydroxyl groups excluding tert-OH is 1. The second kappa shape index (κ2) is 6.32. The minimum atomic E-state index is -0.470. The summed E-state index contributed by atoms with van der Waals surface area (Å²) in [6.45, 7) is -0.184. The van der Waals surface area contributed by atoms with Crippen LogP contribution < -0.4 is 5.32 Å². The minimum Gasteiger partial charge on any atom is -0.394 e. The van der Waals surface area contributed by atoms with Crippen LogP contribution in [0.1, 0.15) is 22.1 Å². The monoisotopic (exact) mass is 293 g/mol. The molecular weight excluding hydrogens is 278 g/mol. The molecule has 3 aromatic rings. The molecule has 5 heteroatoms. The van der Waals surface area contributed by atoms with E-state index in [-0.39, 0.29) is 18.2 Å². The van der Waals surface area contributed by atoms with E-state index in [0.29, 0.717) is 5.52 Å². The molecule has 0 fully saturated rings. The second-order valence-electron chi connectivity index (χ2n) is 4.86. The van der Waals surface area contributed by atoms with E-state index in [1.807, 2.05) is 48.5 Å². The number of hydrogen-bond donors (Lipinski definition) is 2. The minimum absolute atomic E-state index is 0.184. The van der Waals surface area contributed by atoms with Crippen molar-refractivity contribution in [2.45, 2.75) is 6.04 Å². The highest BCUT2D eigenvalue weighted by Gasteiger charge is 2.16. The van der Waals surface area contributed by atoms with Gasteiger partial charge in [-0.2, -0.15) is 0 Å². The van der Waals surface area contributed by atoms with Crippen LogP contribution in [0.2, 0.25) is 0 Å². The van der Waals surface area contributed by atoms with Crippen molar-refractivity contribution < 1.29 is 9.90 Å².